The average molecular weight is 363 g/mol. The summed E-state index contributed by atoms with van der Waals surface area (Å²) in [5.74, 6) is -1.94. The molecule has 0 fully saturated rings. The molecule has 1 aliphatic heterocycles. The number of amides is 1. The molecule has 0 aliphatic carbocycles. The molecule has 0 bridgehead atoms. The van der Waals surface area contributed by atoms with Crippen molar-refractivity contribution >= 4 is 23.5 Å². The van der Waals surface area contributed by atoms with Crippen LogP contribution < -0.4 is 14.8 Å². The Morgan fingerprint density at radius 1 is 1.29 bits per heavy atom. The third kappa shape index (κ3) is 3.37. The number of carbonyl (C=O) groups excluding carboxylic acids is 1. The molecular formula is C13H10ClF3N4O3. The van der Waals surface area contributed by atoms with E-state index in [1.807, 2.05) is 0 Å². The van der Waals surface area contributed by atoms with Gasteiger partial charge in [0.2, 0.25) is 11.8 Å². The normalized spacial score (nSPS) is 14.2. The number of anilines is 1. The van der Waals surface area contributed by atoms with Crippen LogP contribution in [0.1, 0.15) is 22.6 Å². The molecule has 0 saturated carbocycles. The SMILES string of the molecule is O=C(Nc1n[nH]c(C(F)(F)F)n1)c1cc(Cl)c2c(c1)OCCCO2. The Kier molecular flexibility index (Phi) is 4.22. The van der Waals surface area contributed by atoms with Crippen LogP contribution in [0.3, 0.4) is 0 Å². The predicted molar refractivity (Wildman–Crippen MR) is 76.4 cm³/mol. The number of halogens is 4. The topological polar surface area (TPSA) is 89.1 Å². The second-order valence-corrected chi connectivity index (χ2v) is 5.20. The first-order valence-corrected chi connectivity index (χ1v) is 7.12. The summed E-state index contributed by atoms with van der Waals surface area (Å²) in [7, 11) is 0. The lowest BCUT2D eigenvalue weighted by Crippen LogP contribution is -2.14. The van der Waals surface area contributed by atoms with Crippen LogP contribution in [-0.2, 0) is 6.18 Å². The van der Waals surface area contributed by atoms with Gasteiger partial charge in [-0.25, -0.2) is 0 Å². The van der Waals surface area contributed by atoms with Crippen LogP contribution in [0.4, 0.5) is 19.1 Å². The fourth-order valence-electron chi connectivity index (χ4n) is 1.98. The first-order valence-electron chi connectivity index (χ1n) is 6.74. The molecule has 0 saturated heterocycles. The Morgan fingerprint density at radius 2 is 2.04 bits per heavy atom. The summed E-state index contributed by atoms with van der Waals surface area (Å²) in [6.45, 7) is 0.819. The average Bonchev–Trinajstić information content (AvgIpc) is 2.84. The number of aromatic amines is 1. The van der Waals surface area contributed by atoms with Gasteiger partial charge in [0.15, 0.2) is 11.5 Å². The Bertz CT molecular complexity index is 778. The van der Waals surface area contributed by atoms with Gasteiger partial charge in [-0.05, 0) is 12.1 Å². The van der Waals surface area contributed by atoms with Gasteiger partial charge in [0.05, 0.1) is 18.2 Å². The van der Waals surface area contributed by atoms with E-state index in [0.29, 0.717) is 25.4 Å². The quantitative estimate of drug-likeness (QED) is 0.857. The Morgan fingerprint density at radius 3 is 2.75 bits per heavy atom. The number of nitrogens with one attached hydrogen (secondary N) is 2. The van der Waals surface area contributed by atoms with E-state index in [2.05, 4.69) is 15.4 Å². The van der Waals surface area contributed by atoms with Crippen LogP contribution in [0.25, 0.3) is 0 Å². The minimum atomic E-state index is -4.69. The lowest BCUT2D eigenvalue weighted by atomic mass is 10.2. The molecule has 0 unspecified atom stereocenters. The number of hydrogen-bond acceptors (Lipinski definition) is 5. The summed E-state index contributed by atoms with van der Waals surface area (Å²) in [5, 5.41) is 7.31. The van der Waals surface area contributed by atoms with E-state index in [9.17, 15) is 18.0 Å². The van der Waals surface area contributed by atoms with E-state index in [-0.39, 0.29) is 16.3 Å². The summed E-state index contributed by atoms with van der Waals surface area (Å²) in [6.07, 6.45) is -4.03. The zero-order chi connectivity index (χ0) is 17.3. The number of carbonyl (C=O) groups is 1. The van der Waals surface area contributed by atoms with Crippen molar-refractivity contribution in [2.75, 3.05) is 18.5 Å². The first kappa shape index (κ1) is 16.4. The number of hydrogen-bond donors (Lipinski definition) is 2. The van der Waals surface area contributed by atoms with Crippen LogP contribution in [0.15, 0.2) is 12.1 Å². The molecule has 7 nitrogen and oxygen atoms in total. The Labute approximate surface area is 138 Å². The van der Waals surface area contributed by atoms with Gasteiger partial charge in [-0.3, -0.25) is 15.2 Å². The molecule has 0 spiro atoms. The molecule has 11 heteroatoms. The zero-order valence-electron chi connectivity index (χ0n) is 11.9. The van der Waals surface area contributed by atoms with Crippen molar-refractivity contribution in [3.8, 4) is 11.5 Å². The monoisotopic (exact) mass is 362 g/mol. The number of H-pyrrole nitrogens is 1. The minimum Gasteiger partial charge on any atom is -0.489 e. The number of benzene rings is 1. The predicted octanol–water partition coefficient (Wildman–Crippen LogP) is 2.89. The molecule has 3 rings (SSSR count). The number of rotatable bonds is 2. The van der Waals surface area contributed by atoms with Crippen molar-refractivity contribution < 1.29 is 27.4 Å². The number of fused-ring (bicyclic) bond motifs is 1. The molecule has 1 amide bonds. The summed E-state index contributed by atoms with van der Waals surface area (Å²) in [4.78, 5) is 15.3. The Hall–Kier alpha value is -2.49. The molecule has 0 radical (unpaired) electrons. The highest BCUT2D eigenvalue weighted by Gasteiger charge is 2.35. The zero-order valence-corrected chi connectivity index (χ0v) is 12.7. The van der Waals surface area contributed by atoms with Crippen LogP contribution in [0.5, 0.6) is 11.5 Å². The van der Waals surface area contributed by atoms with Crippen molar-refractivity contribution in [3.63, 3.8) is 0 Å². The number of nitrogens with zero attached hydrogens (tertiary/aromatic N) is 2. The number of ether oxygens (including phenoxy) is 2. The smallest absolute Gasteiger partial charge is 0.451 e. The molecule has 2 N–H and O–H groups in total. The summed E-state index contributed by atoms with van der Waals surface area (Å²) < 4.78 is 48.2. The number of alkyl halides is 3. The van der Waals surface area contributed by atoms with Crippen molar-refractivity contribution in [2.45, 2.75) is 12.6 Å². The van der Waals surface area contributed by atoms with E-state index in [4.69, 9.17) is 21.1 Å². The lowest BCUT2D eigenvalue weighted by molar-refractivity contribution is -0.144. The molecular weight excluding hydrogens is 353 g/mol. The molecule has 2 aromatic rings. The van der Waals surface area contributed by atoms with Gasteiger partial charge in [-0.15, -0.1) is 5.10 Å². The van der Waals surface area contributed by atoms with Crippen LogP contribution in [0.2, 0.25) is 5.02 Å². The van der Waals surface area contributed by atoms with Crippen molar-refractivity contribution in [3.05, 3.63) is 28.5 Å². The van der Waals surface area contributed by atoms with E-state index in [0.717, 1.165) is 0 Å². The van der Waals surface area contributed by atoms with Crippen LogP contribution >= 0.6 is 11.6 Å². The molecule has 24 heavy (non-hydrogen) atoms. The van der Waals surface area contributed by atoms with Gasteiger partial charge < -0.3 is 9.47 Å². The fraction of sp³-hybridized carbons (Fsp3) is 0.308. The van der Waals surface area contributed by atoms with E-state index < -0.39 is 23.9 Å². The Balaban J connectivity index is 1.81. The van der Waals surface area contributed by atoms with Gasteiger partial charge in [0.25, 0.3) is 5.91 Å². The van der Waals surface area contributed by atoms with Gasteiger partial charge in [-0.1, -0.05) is 11.6 Å². The summed E-state index contributed by atoms with van der Waals surface area (Å²) >= 11 is 6.06. The molecule has 1 aromatic carbocycles. The van der Waals surface area contributed by atoms with Gasteiger partial charge in [0.1, 0.15) is 0 Å². The van der Waals surface area contributed by atoms with E-state index in [1.54, 1.807) is 5.10 Å². The highest BCUT2D eigenvalue weighted by atomic mass is 35.5. The molecule has 0 atom stereocenters. The minimum absolute atomic E-state index is 0.0719. The number of aromatic nitrogens is 3. The highest BCUT2D eigenvalue weighted by molar-refractivity contribution is 6.32. The molecule has 128 valence electrons. The van der Waals surface area contributed by atoms with Crippen molar-refractivity contribution in [2.24, 2.45) is 0 Å². The molecule has 1 aromatic heterocycles. The van der Waals surface area contributed by atoms with Crippen molar-refractivity contribution in [1.82, 2.24) is 15.2 Å². The first-order chi connectivity index (χ1) is 11.3. The van der Waals surface area contributed by atoms with Gasteiger partial charge in [0, 0.05) is 12.0 Å². The van der Waals surface area contributed by atoms with Gasteiger partial charge in [-0.2, -0.15) is 18.2 Å². The second-order valence-electron chi connectivity index (χ2n) is 4.80. The van der Waals surface area contributed by atoms with Crippen LogP contribution in [0, 0.1) is 0 Å². The fourth-order valence-corrected chi connectivity index (χ4v) is 2.25. The summed E-state index contributed by atoms with van der Waals surface area (Å²) in [6, 6.07) is 2.71. The van der Waals surface area contributed by atoms with Crippen LogP contribution in [-0.4, -0.2) is 34.3 Å². The van der Waals surface area contributed by atoms with E-state index >= 15 is 0 Å². The summed E-state index contributed by atoms with van der Waals surface area (Å²) in [5.41, 5.74) is 0.0719. The molecule has 2 heterocycles. The highest BCUT2D eigenvalue weighted by Crippen LogP contribution is 2.38. The largest absolute Gasteiger partial charge is 0.489 e. The molecule has 1 aliphatic rings. The third-order valence-corrected chi connectivity index (χ3v) is 3.32. The third-order valence-electron chi connectivity index (χ3n) is 3.04. The maximum atomic E-state index is 12.4. The van der Waals surface area contributed by atoms with Crippen molar-refractivity contribution in [1.29, 1.82) is 0 Å². The van der Waals surface area contributed by atoms with E-state index in [1.165, 1.54) is 12.1 Å². The second kappa shape index (κ2) is 6.19. The maximum absolute atomic E-state index is 12.4. The lowest BCUT2D eigenvalue weighted by Gasteiger charge is -2.11. The standard InChI is InChI=1S/C13H10ClF3N4O3/c14-7-4-6(5-8-9(7)24-3-1-2-23-8)10(22)18-12-19-11(20-21-12)13(15,16)17/h4-5H,1-3H2,(H2,18,19,20,21,22). The maximum Gasteiger partial charge on any atom is 0.451 e. The van der Waals surface area contributed by atoms with Gasteiger partial charge >= 0.3 is 6.18 Å².